The Kier molecular flexibility index (Phi) is 6.68. The summed E-state index contributed by atoms with van der Waals surface area (Å²) in [4.78, 5) is 24.0. The van der Waals surface area contributed by atoms with Crippen LogP contribution in [0.15, 0.2) is 29.2 Å². The first-order valence-electron chi connectivity index (χ1n) is 6.86. The summed E-state index contributed by atoms with van der Waals surface area (Å²) in [5.74, 6) is -1.07. The lowest BCUT2D eigenvalue weighted by Gasteiger charge is -2.28. The van der Waals surface area contributed by atoms with Crippen LogP contribution in [0.5, 0.6) is 0 Å². The molecule has 0 spiro atoms. The number of rotatable bonds is 8. The van der Waals surface area contributed by atoms with Crippen LogP contribution in [0.1, 0.15) is 33.1 Å². The average Bonchev–Trinajstić information content (AvgIpc) is 2.46. The molecule has 116 valence electrons. The van der Waals surface area contributed by atoms with Gasteiger partial charge < -0.3 is 10.4 Å². The molecule has 1 aromatic rings. The minimum atomic E-state index is -1.18. The molecule has 0 radical (unpaired) electrons. The van der Waals surface area contributed by atoms with Gasteiger partial charge in [0.05, 0.1) is 0 Å². The monoisotopic (exact) mass is 313 g/mol. The molecular formula is C15H20FNO3S. The Morgan fingerprint density at radius 3 is 2.29 bits per heavy atom. The quantitative estimate of drug-likeness (QED) is 0.724. The molecule has 1 rings (SSSR count). The van der Waals surface area contributed by atoms with Crippen molar-refractivity contribution in [2.45, 2.75) is 43.5 Å². The van der Waals surface area contributed by atoms with Crippen molar-refractivity contribution in [3.8, 4) is 0 Å². The van der Waals surface area contributed by atoms with E-state index in [1.807, 2.05) is 0 Å². The van der Waals surface area contributed by atoms with E-state index in [0.717, 1.165) is 4.90 Å². The molecule has 0 aliphatic rings. The molecule has 0 fully saturated rings. The second kappa shape index (κ2) is 8.02. The number of nitrogens with one attached hydrogen (secondary N) is 1. The van der Waals surface area contributed by atoms with Crippen LogP contribution in [0.3, 0.4) is 0 Å². The van der Waals surface area contributed by atoms with E-state index in [1.165, 1.54) is 23.9 Å². The van der Waals surface area contributed by atoms with Crippen molar-refractivity contribution in [3.63, 3.8) is 0 Å². The first-order valence-corrected chi connectivity index (χ1v) is 7.85. The number of aliphatic carboxylic acids is 1. The number of hydrogen-bond donors (Lipinski definition) is 2. The maximum atomic E-state index is 12.7. The molecule has 6 heteroatoms. The Morgan fingerprint density at radius 1 is 1.24 bits per heavy atom. The molecule has 2 N–H and O–H groups in total. The molecule has 4 nitrogen and oxygen atoms in total. The summed E-state index contributed by atoms with van der Waals surface area (Å²) in [6.07, 6.45) is 0.905. The Bertz CT molecular complexity index is 486. The predicted octanol–water partition coefficient (Wildman–Crippen LogP) is 3.07. The molecule has 0 aromatic heterocycles. The third-order valence-electron chi connectivity index (χ3n) is 3.41. The number of carboxylic acids is 1. The molecule has 0 saturated heterocycles. The molecule has 1 aromatic carbocycles. The van der Waals surface area contributed by atoms with E-state index >= 15 is 0 Å². The van der Waals surface area contributed by atoms with Crippen molar-refractivity contribution in [3.05, 3.63) is 30.1 Å². The molecular weight excluding hydrogens is 293 g/mol. The Hall–Kier alpha value is -1.56. The molecule has 0 aliphatic carbocycles. The highest BCUT2D eigenvalue weighted by Gasteiger charge is 2.36. The van der Waals surface area contributed by atoms with Crippen LogP contribution >= 0.6 is 11.8 Å². The maximum Gasteiger partial charge on any atom is 0.329 e. The van der Waals surface area contributed by atoms with Crippen molar-refractivity contribution in [1.82, 2.24) is 5.32 Å². The van der Waals surface area contributed by atoms with Gasteiger partial charge in [0.15, 0.2) is 0 Å². The molecule has 0 atom stereocenters. The number of halogens is 1. The van der Waals surface area contributed by atoms with Crippen LogP contribution < -0.4 is 5.32 Å². The number of benzene rings is 1. The van der Waals surface area contributed by atoms with Crippen LogP contribution in [0.4, 0.5) is 4.39 Å². The summed E-state index contributed by atoms with van der Waals surface area (Å²) in [5.41, 5.74) is -1.18. The van der Waals surface area contributed by atoms with Gasteiger partial charge in [-0.15, -0.1) is 11.8 Å². The minimum absolute atomic E-state index is 0.219. The lowest BCUT2D eigenvalue weighted by Crippen LogP contribution is -2.53. The van der Waals surface area contributed by atoms with Crippen molar-refractivity contribution >= 4 is 23.6 Å². The fraction of sp³-hybridized carbons (Fsp3) is 0.467. The third kappa shape index (κ3) is 5.04. The van der Waals surface area contributed by atoms with E-state index < -0.39 is 11.5 Å². The van der Waals surface area contributed by atoms with Crippen LogP contribution in [-0.4, -0.2) is 28.3 Å². The summed E-state index contributed by atoms with van der Waals surface area (Å²) in [6, 6.07) is 6.03. The van der Waals surface area contributed by atoms with Crippen molar-refractivity contribution in [2.75, 3.05) is 5.75 Å². The maximum absolute atomic E-state index is 12.7. The second-order valence-corrected chi connectivity index (χ2v) is 5.86. The van der Waals surface area contributed by atoms with Gasteiger partial charge in [0.2, 0.25) is 5.91 Å². The standard InChI is InChI=1S/C15H20FNO3S/c1-3-15(4-2,14(19)20)17-13(18)9-10-21-12-7-5-11(16)6-8-12/h5-8H,3-4,9-10H2,1-2H3,(H,17,18)(H,19,20). The summed E-state index contributed by atoms with van der Waals surface area (Å²) in [7, 11) is 0. The first kappa shape index (κ1) is 17.5. The lowest BCUT2D eigenvalue weighted by molar-refractivity contribution is -0.148. The Morgan fingerprint density at radius 2 is 1.81 bits per heavy atom. The van der Waals surface area contributed by atoms with E-state index in [2.05, 4.69) is 5.32 Å². The van der Waals surface area contributed by atoms with Crippen LogP contribution in [-0.2, 0) is 9.59 Å². The van der Waals surface area contributed by atoms with E-state index in [1.54, 1.807) is 26.0 Å². The number of amides is 1. The zero-order chi connectivity index (χ0) is 15.9. The summed E-state index contributed by atoms with van der Waals surface area (Å²) in [5, 5.41) is 11.9. The van der Waals surface area contributed by atoms with E-state index in [4.69, 9.17) is 0 Å². The van der Waals surface area contributed by atoms with Gasteiger partial charge in [0.25, 0.3) is 0 Å². The molecule has 0 bridgehead atoms. The van der Waals surface area contributed by atoms with Crippen LogP contribution in [0.25, 0.3) is 0 Å². The van der Waals surface area contributed by atoms with Crippen molar-refractivity contribution < 1.29 is 19.1 Å². The van der Waals surface area contributed by atoms with Gasteiger partial charge in [-0.05, 0) is 37.1 Å². The smallest absolute Gasteiger partial charge is 0.329 e. The Balaban J connectivity index is 2.46. The predicted molar refractivity (Wildman–Crippen MR) is 80.8 cm³/mol. The molecule has 0 unspecified atom stereocenters. The molecule has 0 saturated carbocycles. The zero-order valence-corrected chi connectivity index (χ0v) is 13.0. The van der Waals surface area contributed by atoms with E-state index in [9.17, 15) is 19.1 Å². The van der Waals surface area contributed by atoms with Crippen molar-refractivity contribution in [2.24, 2.45) is 0 Å². The average molecular weight is 313 g/mol. The Labute approximate surface area is 128 Å². The highest BCUT2D eigenvalue weighted by atomic mass is 32.2. The molecule has 21 heavy (non-hydrogen) atoms. The highest BCUT2D eigenvalue weighted by Crippen LogP contribution is 2.20. The molecule has 0 aliphatic heterocycles. The van der Waals surface area contributed by atoms with Crippen LogP contribution in [0.2, 0.25) is 0 Å². The summed E-state index contributed by atoms with van der Waals surface area (Å²) >= 11 is 1.43. The van der Waals surface area contributed by atoms with E-state index in [0.29, 0.717) is 18.6 Å². The van der Waals surface area contributed by atoms with Gasteiger partial charge in [0, 0.05) is 17.1 Å². The SMILES string of the molecule is CCC(CC)(NC(=O)CCSc1ccc(F)cc1)C(=O)O. The largest absolute Gasteiger partial charge is 0.480 e. The minimum Gasteiger partial charge on any atom is -0.480 e. The summed E-state index contributed by atoms with van der Waals surface area (Å²) in [6.45, 7) is 3.48. The van der Waals surface area contributed by atoms with Gasteiger partial charge in [-0.3, -0.25) is 4.79 Å². The zero-order valence-electron chi connectivity index (χ0n) is 12.2. The van der Waals surface area contributed by atoms with Gasteiger partial charge in [0.1, 0.15) is 11.4 Å². The normalized spacial score (nSPS) is 11.2. The number of carbonyl (C=O) groups is 2. The van der Waals surface area contributed by atoms with Crippen molar-refractivity contribution in [1.29, 1.82) is 0 Å². The topological polar surface area (TPSA) is 66.4 Å². The van der Waals surface area contributed by atoms with Gasteiger partial charge in [-0.25, -0.2) is 9.18 Å². The van der Waals surface area contributed by atoms with Gasteiger partial charge in [-0.1, -0.05) is 13.8 Å². The number of carbonyl (C=O) groups excluding carboxylic acids is 1. The number of thioether (sulfide) groups is 1. The second-order valence-electron chi connectivity index (χ2n) is 4.69. The highest BCUT2D eigenvalue weighted by molar-refractivity contribution is 7.99. The first-order chi connectivity index (χ1) is 9.93. The van der Waals surface area contributed by atoms with Crippen LogP contribution in [0, 0.1) is 5.82 Å². The van der Waals surface area contributed by atoms with E-state index in [-0.39, 0.29) is 18.1 Å². The molecule has 0 heterocycles. The molecule has 1 amide bonds. The number of carboxylic acid groups (broad SMARTS) is 1. The summed E-state index contributed by atoms with van der Waals surface area (Å²) < 4.78 is 12.7. The number of hydrogen-bond acceptors (Lipinski definition) is 3. The van der Waals surface area contributed by atoms with Gasteiger partial charge in [-0.2, -0.15) is 0 Å². The fourth-order valence-corrected chi connectivity index (χ4v) is 2.76. The fourth-order valence-electron chi connectivity index (χ4n) is 1.90. The van der Waals surface area contributed by atoms with Gasteiger partial charge >= 0.3 is 5.97 Å². The lowest BCUT2D eigenvalue weighted by atomic mass is 9.93. The third-order valence-corrected chi connectivity index (χ3v) is 4.42.